The summed E-state index contributed by atoms with van der Waals surface area (Å²) in [6, 6.07) is 11.8. The Labute approximate surface area is 189 Å². The molecule has 3 atom stereocenters. The SMILES string of the molecule is C[C@]12CCCC[C@@H]1[C@H]2C(=O)N/N=C\c1ccc(OCc2ccc([N+](=O)[O-])cc2)c(Br)c1. The number of non-ortho nitro benzene ring substituents is 1. The van der Waals surface area contributed by atoms with Gasteiger partial charge >= 0.3 is 0 Å². The Morgan fingerprint density at radius 3 is 2.74 bits per heavy atom. The van der Waals surface area contributed by atoms with Gasteiger partial charge in [-0.05, 0) is 81.6 Å². The highest BCUT2D eigenvalue weighted by molar-refractivity contribution is 9.10. The van der Waals surface area contributed by atoms with Crippen molar-refractivity contribution in [1.29, 1.82) is 0 Å². The summed E-state index contributed by atoms with van der Waals surface area (Å²) < 4.78 is 6.55. The third kappa shape index (κ3) is 4.63. The Balaban J connectivity index is 1.30. The number of hydrogen-bond donors (Lipinski definition) is 1. The molecule has 0 aromatic heterocycles. The second-order valence-corrected chi connectivity index (χ2v) is 9.33. The van der Waals surface area contributed by atoms with Crippen molar-refractivity contribution in [3.63, 3.8) is 0 Å². The molecule has 0 radical (unpaired) electrons. The van der Waals surface area contributed by atoms with E-state index in [1.165, 1.54) is 25.0 Å². The molecule has 31 heavy (non-hydrogen) atoms. The van der Waals surface area contributed by atoms with Gasteiger partial charge in [-0.25, -0.2) is 5.43 Å². The third-order valence-corrected chi connectivity index (χ3v) is 7.12. The Morgan fingerprint density at radius 1 is 1.32 bits per heavy atom. The quantitative estimate of drug-likeness (QED) is 0.330. The Hall–Kier alpha value is -2.74. The molecular weight excluding hydrogens is 462 g/mol. The summed E-state index contributed by atoms with van der Waals surface area (Å²) in [5.41, 5.74) is 4.59. The van der Waals surface area contributed by atoms with Crippen molar-refractivity contribution in [1.82, 2.24) is 5.43 Å². The molecule has 0 heterocycles. The number of nitro groups is 1. The predicted octanol–water partition coefficient (Wildman–Crippen LogP) is 5.21. The molecule has 162 valence electrons. The molecule has 2 saturated carbocycles. The average molecular weight is 486 g/mol. The van der Waals surface area contributed by atoms with Crippen LogP contribution in [-0.2, 0) is 11.4 Å². The highest BCUT2D eigenvalue weighted by Gasteiger charge is 2.64. The van der Waals surface area contributed by atoms with Gasteiger partial charge in [-0.3, -0.25) is 14.9 Å². The molecular formula is C23H24BrN3O4. The minimum absolute atomic E-state index is 0.0211. The van der Waals surface area contributed by atoms with Gasteiger partial charge in [0.05, 0.1) is 15.6 Å². The lowest BCUT2D eigenvalue weighted by Gasteiger charge is -2.15. The molecule has 4 rings (SSSR count). The number of nitrogens with zero attached hydrogens (tertiary/aromatic N) is 2. The topological polar surface area (TPSA) is 93.8 Å². The van der Waals surface area contributed by atoms with Gasteiger partial charge in [0, 0.05) is 18.1 Å². The second-order valence-electron chi connectivity index (χ2n) is 8.47. The van der Waals surface area contributed by atoms with Crippen LogP contribution in [0.25, 0.3) is 0 Å². The Kier molecular flexibility index (Phi) is 6.09. The molecule has 0 unspecified atom stereocenters. The number of amides is 1. The standard InChI is InChI=1S/C23H24BrN3O4/c1-23-11-3-2-4-18(23)21(23)22(28)26-25-13-16-7-10-20(19(24)12-16)31-14-15-5-8-17(9-6-15)27(29)30/h5-10,12-13,18,21H,2-4,11,14H2,1H3,(H,26,28)/b25-13-/t18-,21+,23+/m1/s1. The van der Waals surface area contributed by atoms with E-state index in [0.717, 1.165) is 28.4 Å². The molecule has 0 bridgehead atoms. The van der Waals surface area contributed by atoms with E-state index in [2.05, 4.69) is 33.4 Å². The molecule has 0 aliphatic heterocycles. The average Bonchev–Trinajstić information content (AvgIpc) is 3.39. The zero-order valence-corrected chi connectivity index (χ0v) is 18.8. The number of hydrogen-bond acceptors (Lipinski definition) is 5. The van der Waals surface area contributed by atoms with Crippen LogP contribution in [0.3, 0.4) is 0 Å². The Morgan fingerprint density at radius 2 is 2.10 bits per heavy atom. The van der Waals surface area contributed by atoms with Crippen LogP contribution < -0.4 is 10.2 Å². The number of nitrogens with one attached hydrogen (secondary N) is 1. The van der Waals surface area contributed by atoms with Crippen LogP contribution in [0.4, 0.5) is 5.69 Å². The number of carbonyl (C=O) groups excluding carboxylic acids is 1. The van der Waals surface area contributed by atoms with E-state index in [0.29, 0.717) is 18.3 Å². The van der Waals surface area contributed by atoms with Crippen LogP contribution in [0, 0.1) is 27.4 Å². The summed E-state index contributed by atoms with van der Waals surface area (Å²) in [7, 11) is 0. The normalized spacial score (nSPS) is 24.5. The minimum atomic E-state index is -0.429. The highest BCUT2D eigenvalue weighted by Crippen LogP contribution is 2.66. The molecule has 7 nitrogen and oxygen atoms in total. The zero-order valence-electron chi connectivity index (χ0n) is 17.2. The lowest BCUT2D eigenvalue weighted by Crippen LogP contribution is -2.22. The van der Waals surface area contributed by atoms with Crippen LogP contribution in [0.15, 0.2) is 52.0 Å². The first-order chi connectivity index (χ1) is 14.9. The van der Waals surface area contributed by atoms with Gasteiger partial charge in [-0.2, -0.15) is 5.10 Å². The number of benzene rings is 2. The summed E-state index contributed by atoms with van der Waals surface area (Å²) in [5, 5.41) is 14.9. The number of rotatable bonds is 7. The molecule has 0 spiro atoms. The number of fused-ring (bicyclic) bond motifs is 1. The van der Waals surface area contributed by atoms with Crippen molar-refractivity contribution in [3.05, 3.63) is 68.2 Å². The van der Waals surface area contributed by atoms with Gasteiger partial charge in [0.1, 0.15) is 12.4 Å². The second kappa shape index (κ2) is 8.78. The molecule has 2 aromatic rings. The van der Waals surface area contributed by atoms with Crippen molar-refractivity contribution < 1.29 is 14.5 Å². The van der Waals surface area contributed by atoms with Gasteiger partial charge in [-0.15, -0.1) is 0 Å². The summed E-state index contributed by atoms with van der Waals surface area (Å²) in [4.78, 5) is 22.8. The third-order valence-electron chi connectivity index (χ3n) is 6.50. The number of nitro benzene ring substituents is 1. The van der Waals surface area contributed by atoms with E-state index in [1.54, 1.807) is 18.3 Å². The molecule has 1 amide bonds. The summed E-state index contributed by atoms with van der Waals surface area (Å²) in [6.45, 7) is 2.51. The van der Waals surface area contributed by atoms with Crippen LogP contribution in [0.1, 0.15) is 43.7 Å². The fraction of sp³-hybridized carbons (Fsp3) is 0.391. The first kappa shape index (κ1) is 21.5. The van der Waals surface area contributed by atoms with Crippen LogP contribution in [0.2, 0.25) is 0 Å². The Bertz CT molecular complexity index is 1020. The van der Waals surface area contributed by atoms with E-state index in [4.69, 9.17) is 4.74 Å². The van der Waals surface area contributed by atoms with Crippen molar-refractivity contribution in [3.8, 4) is 5.75 Å². The minimum Gasteiger partial charge on any atom is -0.488 e. The maximum Gasteiger partial charge on any atom is 0.269 e. The van der Waals surface area contributed by atoms with Crippen molar-refractivity contribution in [2.45, 2.75) is 39.2 Å². The lowest BCUT2D eigenvalue weighted by molar-refractivity contribution is -0.384. The van der Waals surface area contributed by atoms with E-state index >= 15 is 0 Å². The molecule has 8 heteroatoms. The van der Waals surface area contributed by atoms with Crippen molar-refractivity contribution in [2.24, 2.45) is 22.4 Å². The van der Waals surface area contributed by atoms with E-state index in [9.17, 15) is 14.9 Å². The maximum absolute atomic E-state index is 12.5. The smallest absolute Gasteiger partial charge is 0.269 e. The molecule has 1 N–H and O–H groups in total. The number of hydrazone groups is 1. The van der Waals surface area contributed by atoms with Crippen LogP contribution in [0.5, 0.6) is 5.75 Å². The van der Waals surface area contributed by atoms with Crippen molar-refractivity contribution >= 4 is 33.7 Å². The van der Waals surface area contributed by atoms with Crippen LogP contribution in [-0.4, -0.2) is 17.0 Å². The van der Waals surface area contributed by atoms with Gasteiger partial charge in [0.25, 0.3) is 5.69 Å². The first-order valence-electron chi connectivity index (χ1n) is 10.4. The van der Waals surface area contributed by atoms with Crippen molar-refractivity contribution in [2.75, 3.05) is 0 Å². The number of halogens is 1. The van der Waals surface area contributed by atoms with Gasteiger partial charge in [0.2, 0.25) is 5.91 Å². The van der Waals surface area contributed by atoms with E-state index < -0.39 is 4.92 Å². The van der Waals surface area contributed by atoms with Gasteiger partial charge < -0.3 is 4.74 Å². The fourth-order valence-electron chi connectivity index (χ4n) is 4.68. The van der Waals surface area contributed by atoms with E-state index in [-0.39, 0.29) is 22.9 Å². The lowest BCUT2D eigenvalue weighted by atomic mass is 9.90. The van der Waals surface area contributed by atoms with Gasteiger partial charge in [0.15, 0.2) is 0 Å². The summed E-state index contributed by atoms with van der Waals surface area (Å²) in [5.74, 6) is 1.27. The first-order valence-corrected chi connectivity index (χ1v) is 11.2. The molecule has 0 saturated heterocycles. The summed E-state index contributed by atoms with van der Waals surface area (Å²) >= 11 is 3.49. The monoisotopic (exact) mass is 485 g/mol. The van der Waals surface area contributed by atoms with Crippen LogP contribution >= 0.6 is 15.9 Å². The predicted molar refractivity (Wildman–Crippen MR) is 121 cm³/mol. The highest BCUT2D eigenvalue weighted by atomic mass is 79.9. The van der Waals surface area contributed by atoms with E-state index in [1.807, 2.05) is 18.2 Å². The molecule has 2 fully saturated rings. The molecule has 2 aliphatic rings. The molecule has 2 aromatic carbocycles. The zero-order chi connectivity index (χ0) is 22.0. The summed E-state index contributed by atoms with van der Waals surface area (Å²) in [6.07, 6.45) is 6.34. The maximum atomic E-state index is 12.5. The number of carbonyl (C=O) groups is 1. The number of ether oxygens (including phenoxy) is 1. The largest absolute Gasteiger partial charge is 0.488 e. The fourth-order valence-corrected chi connectivity index (χ4v) is 5.19. The van der Waals surface area contributed by atoms with Gasteiger partial charge in [-0.1, -0.05) is 19.8 Å². The molecule has 2 aliphatic carbocycles.